The molecule has 1 N–H and O–H groups in total. The van der Waals surface area contributed by atoms with Gasteiger partial charge in [0, 0.05) is 11.8 Å². The molecule has 2 rings (SSSR count). The molecule has 7 nitrogen and oxygen atoms in total. The van der Waals surface area contributed by atoms with E-state index in [-0.39, 0.29) is 10.6 Å². The highest BCUT2D eigenvalue weighted by atomic mass is 35.5. The molecule has 0 unspecified atom stereocenters. The van der Waals surface area contributed by atoms with E-state index < -0.39 is 34.4 Å². The van der Waals surface area contributed by atoms with Gasteiger partial charge in [-0.25, -0.2) is 4.79 Å². The molecule has 0 radical (unpaired) electrons. The second kappa shape index (κ2) is 7.37. The number of nitro benzene ring substituents is 1. The first-order chi connectivity index (χ1) is 11.3. The van der Waals surface area contributed by atoms with Gasteiger partial charge in [-0.3, -0.25) is 14.9 Å². The van der Waals surface area contributed by atoms with E-state index in [2.05, 4.69) is 5.32 Å². The number of nitrogens with one attached hydrogen (secondary N) is 1. The summed E-state index contributed by atoms with van der Waals surface area (Å²) in [5.74, 6) is -2.46. The van der Waals surface area contributed by atoms with Crippen LogP contribution in [-0.4, -0.2) is 22.9 Å². The molecule has 0 aliphatic carbocycles. The molecule has 1 aromatic carbocycles. The molecular weight excluding hydrogens is 363 g/mol. The molecule has 0 aliphatic rings. The number of halogens is 2. The lowest BCUT2D eigenvalue weighted by atomic mass is 10.2. The van der Waals surface area contributed by atoms with Crippen LogP contribution in [0.2, 0.25) is 4.34 Å². The van der Waals surface area contributed by atoms with Crippen molar-refractivity contribution in [3.63, 3.8) is 0 Å². The van der Waals surface area contributed by atoms with Gasteiger partial charge in [0.1, 0.15) is 4.88 Å². The van der Waals surface area contributed by atoms with Crippen molar-refractivity contribution in [1.82, 2.24) is 0 Å². The molecule has 0 aliphatic heterocycles. The Labute approximate surface area is 144 Å². The van der Waals surface area contributed by atoms with Gasteiger partial charge in [0.25, 0.3) is 5.91 Å². The predicted octanol–water partition coefficient (Wildman–Crippen LogP) is 3.63. The number of carbonyl (C=O) groups is 2. The van der Waals surface area contributed by atoms with E-state index in [9.17, 15) is 24.1 Å². The van der Waals surface area contributed by atoms with Crippen LogP contribution in [0, 0.1) is 15.9 Å². The summed E-state index contributed by atoms with van der Waals surface area (Å²) in [5.41, 5.74) is -0.763. The molecule has 2 aromatic rings. The number of nitrogens with zero attached hydrogens (tertiary/aromatic N) is 1. The van der Waals surface area contributed by atoms with Crippen LogP contribution in [0.5, 0.6) is 0 Å². The Morgan fingerprint density at radius 1 is 1.38 bits per heavy atom. The van der Waals surface area contributed by atoms with Gasteiger partial charge in [0.2, 0.25) is 5.82 Å². The Bertz CT molecular complexity index is 810. The van der Waals surface area contributed by atoms with Crippen molar-refractivity contribution >= 4 is 46.2 Å². The van der Waals surface area contributed by atoms with E-state index in [1.54, 1.807) is 0 Å². The van der Waals surface area contributed by atoms with E-state index in [4.69, 9.17) is 16.3 Å². The van der Waals surface area contributed by atoms with Gasteiger partial charge < -0.3 is 10.1 Å². The lowest BCUT2D eigenvalue weighted by molar-refractivity contribution is -0.387. The smallest absolute Gasteiger partial charge is 0.349 e. The summed E-state index contributed by atoms with van der Waals surface area (Å²) in [4.78, 5) is 33.8. The first-order valence-electron chi connectivity index (χ1n) is 6.49. The van der Waals surface area contributed by atoms with Crippen molar-refractivity contribution in [2.45, 2.75) is 13.0 Å². The summed E-state index contributed by atoms with van der Waals surface area (Å²) in [5, 5.41) is 13.0. The maximum Gasteiger partial charge on any atom is 0.349 e. The number of amides is 1. The van der Waals surface area contributed by atoms with Crippen molar-refractivity contribution in [2.24, 2.45) is 0 Å². The highest BCUT2D eigenvalue weighted by Gasteiger charge is 2.21. The zero-order valence-electron chi connectivity index (χ0n) is 12.1. The number of thiophene rings is 1. The molecule has 0 saturated heterocycles. The minimum Gasteiger partial charge on any atom is -0.448 e. The predicted molar refractivity (Wildman–Crippen MR) is 85.9 cm³/mol. The summed E-state index contributed by atoms with van der Waals surface area (Å²) in [6.07, 6.45) is -1.16. The van der Waals surface area contributed by atoms with Crippen LogP contribution >= 0.6 is 22.9 Å². The van der Waals surface area contributed by atoms with Crippen molar-refractivity contribution in [3.8, 4) is 0 Å². The number of esters is 1. The highest BCUT2D eigenvalue weighted by molar-refractivity contribution is 7.17. The maximum atomic E-state index is 13.2. The zero-order chi connectivity index (χ0) is 17.9. The second-order valence-corrected chi connectivity index (χ2v) is 6.28. The largest absolute Gasteiger partial charge is 0.448 e. The third-order valence-electron chi connectivity index (χ3n) is 2.84. The number of ether oxygens (including phenoxy) is 1. The normalized spacial score (nSPS) is 11.6. The fourth-order valence-electron chi connectivity index (χ4n) is 1.67. The Kier molecular flexibility index (Phi) is 5.47. The molecule has 0 bridgehead atoms. The monoisotopic (exact) mass is 372 g/mol. The Morgan fingerprint density at radius 2 is 2.08 bits per heavy atom. The van der Waals surface area contributed by atoms with Crippen molar-refractivity contribution in [2.75, 3.05) is 5.32 Å². The SMILES string of the molecule is C[C@@H](OC(=O)c1ccc(Cl)s1)C(=O)Nc1ccc(F)c([N+](=O)[O-])c1. The number of benzene rings is 1. The average molecular weight is 373 g/mol. The third kappa shape index (κ3) is 4.27. The number of carbonyl (C=O) groups excluding carboxylic acids is 2. The van der Waals surface area contributed by atoms with Gasteiger partial charge in [-0.1, -0.05) is 11.6 Å². The minimum atomic E-state index is -1.16. The Hall–Kier alpha value is -2.52. The van der Waals surface area contributed by atoms with Crippen molar-refractivity contribution in [1.29, 1.82) is 0 Å². The topological polar surface area (TPSA) is 98.5 Å². The maximum absolute atomic E-state index is 13.2. The van der Waals surface area contributed by atoms with Crippen LogP contribution in [0.3, 0.4) is 0 Å². The first kappa shape index (κ1) is 17.8. The molecule has 24 heavy (non-hydrogen) atoms. The average Bonchev–Trinajstić information content (AvgIpc) is 2.95. The number of hydrogen-bond donors (Lipinski definition) is 1. The van der Waals surface area contributed by atoms with Gasteiger partial charge >= 0.3 is 11.7 Å². The number of anilines is 1. The Morgan fingerprint density at radius 3 is 2.67 bits per heavy atom. The first-order valence-corrected chi connectivity index (χ1v) is 7.68. The zero-order valence-corrected chi connectivity index (χ0v) is 13.7. The van der Waals surface area contributed by atoms with Crippen LogP contribution in [-0.2, 0) is 9.53 Å². The summed E-state index contributed by atoms with van der Waals surface area (Å²) in [7, 11) is 0. The van der Waals surface area contributed by atoms with Crippen molar-refractivity contribution in [3.05, 3.63) is 55.5 Å². The fourth-order valence-corrected chi connectivity index (χ4v) is 2.60. The molecule has 0 saturated carbocycles. The molecule has 1 atom stereocenters. The lowest BCUT2D eigenvalue weighted by Crippen LogP contribution is -2.29. The van der Waals surface area contributed by atoms with E-state index in [1.165, 1.54) is 19.1 Å². The summed E-state index contributed by atoms with van der Waals surface area (Å²) in [6, 6.07) is 5.88. The van der Waals surface area contributed by atoms with Crippen LogP contribution in [0.4, 0.5) is 15.8 Å². The summed E-state index contributed by atoms with van der Waals surface area (Å²) < 4.78 is 18.6. The molecule has 0 fully saturated rings. The molecule has 1 aromatic heterocycles. The van der Waals surface area contributed by atoms with Crippen LogP contribution in [0.15, 0.2) is 30.3 Å². The minimum absolute atomic E-state index is 0.00941. The number of rotatable bonds is 5. The van der Waals surface area contributed by atoms with Gasteiger partial charge in [-0.2, -0.15) is 4.39 Å². The van der Waals surface area contributed by atoms with Crippen LogP contribution < -0.4 is 5.32 Å². The third-order valence-corrected chi connectivity index (χ3v) is 4.05. The quantitative estimate of drug-likeness (QED) is 0.491. The fraction of sp³-hybridized carbons (Fsp3) is 0.143. The standard InChI is InChI=1S/C14H10ClFN2O5S/c1-7(23-14(20)11-4-5-12(15)24-11)13(19)17-8-2-3-9(16)10(6-8)18(21)22/h2-7H,1H3,(H,17,19)/t7-/m1/s1. The molecule has 126 valence electrons. The van der Waals surface area contributed by atoms with E-state index in [0.29, 0.717) is 4.34 Å². The number of hydrogen-bond acceptors (Lipinski definition) is 6. The van der Waals surface area contributed by atoms with Gasteiger partial charge in [-0.15, -0.1) is 11.3 Å². The van der Waals surface area contributed by atoms with E-state index in [1.807, 2.05) is 0 Å². The molecule has 1 amide bonds. The number of nitro groups is 1. The van der Waals surface area contributed by atoms with Crippen molar-refractivity contribution < 1.29 is 23.6 Å². The summed E-state index contributed by atoms with van der Waals surface area (Å²) in [6.45, 7) is 1.33. The summed E-state index contributed by atoms with van der Waals surface area (Å²) >= 11 is 6.71. The molecule has 1 heterocycles. The van der Waals surface area contributed by atoms with Gasteiger partial charge in [0.05, 0.1) is 9.26 Å². The highest BCUT2D eigenvalue weighted by Crippen LogP contribution is 2.23. The second-order valence-electron chi connectivity index (χ2n) is 4.56. The molecule has 0 spiro atoms. The van der Waals surface area contributed by atoms with Gasteiger partial charge in [0.15, 0.2) is 6.10 Å². The molecular formula is C14H10ClFN2O5S. The Balaban J connectivity index is 2.02. The lowest BCUT2D eigenvalue weighted by Gasteiger charge is -2.13. The molecule has 10 heteroatoms. The van der Waals surface area contributed by atoms with E-state index in [0.717, 1.165) is 29.5 Å². The van der Waals surface area contributed by atoms with Gasteiger partial charge in [-0.05, 0) is 31.2 Å². The van der Waals surface area contributed by atoms with E-state index >= 15 is 0 Å². The van der Waals surface area contributed by atoms with Crippen LogP contribution in [0.1, 0.15) is 16.6 Å². The van der Waals surface area contributed by atoms with Crippen LogP contribution in [0.25, 0.3) is 0 Å².